The largest absolute Gasteiger partial charge is 0.369 e. The minimum absolute atomic E-state index is 0.0156. The molecule has 42 heavy (non-hydrogen) atoms. The topological polar surface area (TPSA) is 56.6 Å². The van der Waals surface area contributed by atoms with Gasteiger partial charge in [0.05, 0.1) is 10.7 Å². The average Bonchev–Trinajstić information content (AvgIpc) is 3.61. The number of halogens is 1. The predicted molar refractivity (Wildman–Crippen MR) is 177 cm³/mol. The molecule has 0 saturated carbocycles. The zero-order valence-electron chi connectivity index (χ0n) is 24.9. The van der Waals surface area contributed by atoms with Gasteiger partial charge < -0.3 is 24.6 Å². The first kappa shape index (κ1) is 29.1. The number of likely N-dealkylation sites (N-methyl/N-ethyl adjacent to an activating group) is 2. The third-order valence-corrected chi connectivity index (χ3v) is 10.6. The molecule has 9 heteroatoms. The van der Waals surface area contributed by atoms with Crippen molar-refractivity contribution in [3.63, 3.8) is 0 Å². The van der Waals surface area contributed by atoms with Crippen LogP contribution in [0.1, 0.15) is 16.8 Å². The molecule has 6 rings (SSSR count). The Morgan fingerprint density at radius 3 is 2.33 bits per heavy atom. The summed E-state index contributed by atoms with van der Waals surface area (Å²) in [4.78, 5) is 24.9. The standard InChI is InChI=1S/C33H39ClN6OS/c1-37(2)33(14-20-42-22-33)21-36-32(41)25-7-5-23(6-8-25)28-29-27(34)13-15-35-31(29)39(4)30(28)24-9-11-26(12-10-24)40-18-16-38(3)17-19-40/h5-13,15H,14,16-22H2,1-4H3,(H,36,41). The van der Waals surface area contributed by atoms with E-state index in [1.165, 1.54) is 5.69 Å². The summed E-state index contributed by atoms with van der Waals surface area (Å²) in [7, 11) is 8.43. The van der Waals surface area contributed by atoms with Gasteiger partial charge in [-0.1, -0.05) is 35.9 Å². The smallest absolute Gasteiger partial charge is 0.251 e. The normalized spacial score (nSPS) is 19.6. The molecule has 0 spiro atoms. The second kappa shape index (κ2) is 11.9. The lowest BCUT2D eigenvalue weighted by Crippen LogP contribution is -2.53. The van der Waals surface area contributed by atoms with E-state index in [2.05, 4.69) is 70.0 Å². The van der Waals surface area contributed by atoms with Crippen molar-refractivity contribution in [3.8, 4) is 22.4 Å². The monoisotopic (exact) mass is 602 g/mol. The lowest BCUT2D eigenvalue weighted by atomic mass is 9.96. The van der Waals surface area contributed by atoms with Gasteiger partial charge in [-0.05, 0) is 74.8 Å². The Hall–Kier alpha value is -3.04. The summed E-state index contributed by atoms with van der Waals surface area (Å²) in [6, 6.07) is 18.6. The highest BCUT2D eigenvalue weighted by Crippen LogP contribution is 2.43. The predicted octanol–water partition coefficient (Wildman–Crippen LogP) is 5.48. The quantitative estimate of drug-likeness (QED) is 0.302. The van der Waals surface area contributed by atoms with Crippen LogP contribution in [-0.2, 0) is 7.05 Å². The molecule has 0 aliphatic carbocycles. The van der Waals surface area contributed by atoms with Crippen LogP contribution in [0.4, 0.5) is 5.69 Å². The number of rotatable bonds is 7. The third-order valence-electron chi connectivity index (χ3n) is 9.07. The number of carbonyl (C=O) groups is 1. The van der Waals surface area contributed by atoms with E-state index in [4.69, 9.17) is 16.6 Å². The van der Waals surface area contributed by atoms with E-state index in [0.29, 0.717) is 17.1 Å². The molecule has 7 nitrogen and oxygen atoms in total. The van der Waals surface area contributed by atoms with Crippen LogP contribution in [-0.4, -0.2) is 96.2 Å². The molecular weight excluding hydrogens is 564 g/mol. The van der Waals surface area contributed by atoms with Gasteiger partial charge in [-0.25, -0.2) is 4.98 Å². The highest BCUT2D eigenvalue weighted by Gasteiger charge is 2.36. The molecule has 2 fully saturated rings. The van der Waals surface area contributed by atoms with Crippen LogP contribution in [0.25, 0.3) is 33.4 Å². The second-order valence-electron chi connectivity index (χ2n) is 11.8. The molecule has 2 aromatic heterocycles. The first-order valence-electron chi connectivity index (χ1n) is 14.6. The highest BCUT2D eigenvalue weighted by molar-refractivity contribution is 7.99. The Kier molecular flexibility index (Phi) is 8.24. The fraction of sp³-hybridized carbons (Fsp3) is 0.394. The zero-order chi connectivity index (χ0) is 29.4. The fourth-order valence-electron chi connectivity index (χ4n) is 6.20. The maximum absolute atomic E-state index is 13.2. The number of carbonyl (C=O) groups excluding carboxylic acids is 1. The molecule has 1 N–H and O–H groups in total. The van der Waals surface area contributed by atoms with Gasteiger partial charge in [-0.2, -0.15) is 11.8 Å². The van der Waals surface area contributed by atoms with E-state index in [-0.39, 0.29) is 11.4 Å². The SMILES string of the molecule is CN1CCN(c2ccc(-c3c(-c4ccc(C(=O)NCC5(N(C)C)CCSC5)cc4)c4c(Cl)ccnc4n3C)cc2)CC1. The molecule has 2 aliphatic heterocycles. The Labute approximate surface area is 257 Å². The van der Waals surface area contributed by atoms with Gasteiger partial charge in [0, 0.05) is 79.5 Å². The molecule has 220 valence electrons. The van der Waals surface area contributed by atoms with E-state index >= 15 is 0 Å². The summed E-state index contributed by atoms with van der Waals surface area (Å²) in [5.41, 5.74) is 6.93. The second-order valence-corrected chi connectivity index (χ2v) is 13.3. The molecule has 4 heterocycles. The van der Waals surface area contributed by atoms with Crippen molar-refractivity contribution in [2.45, 2.75) is 12.0 Å². The van der Waals surface area contributed by atoms with Crippen molar-refractivity contribution < 1.29 is 4.79 Å². The van der Waals surface area contributed by atoms with E-state index < -0.39 is 0 Å². The van der Waals surface area contributed by atoms with Gasteiger partial charge in [0.25, 0.3) is 5.91 Å². The van der Waals surface area contributed by atoms with Crippen molar-refractivity contribution in [2.24, 2.45) is 7.05 Å². The zero-order valence-corrected chi connectivity index (χ0v) is 26.4. The number of nitrogens with one attached hydrogen (secondary N) is 1. The molecule has 0 radical (unpaired) electrons. The molecular formula is C33H39ClN6OS. The molecule has 1 amide bonds. The number of nitrogens with zero attached hydrogens (tertiary/aromatic N) is 5. The first-order valence-corrected chi connectivity index (χ1v) is 16.1. The van der Waals surface area contributed by atoms with Crippen molar-refractivity contribution in [2.75, 3.05) is 70.3 Å². The van der Waals surface area contributed by atoms with Crippen LogP contribution in [0.3, 0.4) is 0 Å². The van der Waals surface area contributed by atoms with Gasteiger partial charge in [0.1, 0.15) is 5.65 Å². The number of aromatic nitrogens is 2. The number of thioether (sulfide) groups is 1. The lowest BCUT2D eigenvalue weighted by molar-refractivity contribution is 0.0914. The Morgan fingerprint density at radius 1 is 1.00 bits per heavy atom. The van der Waals surface area contributed by atoms with E-state index in [1.54, 1.807) is 6.20 Å². The molecule has 2 saturated heterocycles. The first-order chi connectivity index (χ1) is 20.3. The van der Waals surface area contributed by atoms with Crippen LogP contribution in [0.2, 0.25) is 5.02 Å². The highest BCUT2D eigenvalue weighted by atomic mass is 35.5. The summed E-state index contributed by atoms with van der Waals surface area (Å²) in [6.45, 7) is 4.85. The van der Waals surface area contributed by atoms with Crippen LogP contribution in [0.15, 0.2) is 60.8 Å². The number of amides is 1. The maximum Gasteiger partial charge on any atom is 0.251 e. The van der Waals surface area contributed by atoms with Crippen molar-refractivity contribution in [1.82, 2.24) is 24.7 Å². The lowest BCUT2D eigenvalue weighted by Gasteiger charge is -2.35. The number of anilines is 1. The number of hydrogen-bond donors (Lipinski definition) is 1. The van der Waals surface area contributed by atoms with Crippen molar-refractivity contribution in [1.29, 1.82) is 0 Å². The van der Waals surface area contributed by atoms with Gasteiger partial charge in [-0.15, -0.1) is 0 Å². The molecule has 4 aromatic rings. The summed E-state index contributed by atoms with van der Waals surface area (Å²) in [5, 5.41) is 4.78. The summed E-state index contributed by atoms with van der Waals surface area (Å²) >= 11 is 8.77. The number of aryl methyl sites for hydroxylation is 1. The fourth-order valence-corrected chi connectivity index (χ4v) is 7.99. The number of pyridine rings is 1. The Morgan fingerprint density at radius 2 is 1.69 bits per heavy atom. The average molecular weight is 603 g/mol. The molecule has 2 aromatic carbocycles. The minimum atomic E-state index is -0.0444. The Bertz CT molecular complexity index is 1570. The van der Waals surface area contributed by atoms with Crippen LogP contribution in [0, 0.1) is 0 Å². The van der Waals surface area contributed by atoms with Crippen LogP contribution in [0.5, 0.6) is 0 Å². The molecule has 1 atom stereocenters. The summed E-state index contributed by atoms with van der Waals surface area (Å²) < 4.78 is 2.13. The number of hydrogen-bond acceptors (Lipinski definition) is 6. The summed E-state index contributed by atoms with van der Waals surface area (Å²) in [6.07, 6.45) is 2.84. The van der Waals surface area contributed by atoms with E-state index in [9.17, 15) is 4.79 Å². The molecule has 1 unspecified atom stereocenters. The van der Waals surface area contributed by atoms with Crippen LogP contribution >= 0.6 is 23.4 Å². The van der Waals surface area contributed by atoms with Gasteiger partial charge >= 0.3 is 0 Å². The third kappa shape index (κ3) is 5.41. The van der Waals surface area contributed by atoms with E-state index in [0.717, 1.165) is 77.5 Å². The number of benzene rings is 2. The molecule has 2 aliphatic rings. The number of piperazine rings is 1. The van der Waals surface area contributed by atoms with Crippen LogP contribution < -0.4 is 10.2 Å². The minimum Gasteiger partial charge on any atom is -0.369 e. The van der Waals surface area contributed by atoms with Crippen molar-refractivity contribution >= 4 is 46.0 Å². The summed E-state index contributed by atoms with van der Waals surface area (Å²) in [5.74, 6) is 2.12. The van der Waals surface area contributed by atoms with Gasteiger partial charge in [0.2, 0.25) is 0 Å². The van der Waals surface area contributed by atoms with Crippen molar-refractivity contribution in [3.05, 3.63) is 71.4 Å². The maximum atomic E-state index is 13.2. The number of fused-ring (bicyclic) bond motifs is 1. The van der Waals surface area contributed by atoms with Gasteiger partial charge in [0.15, 0.2) is 0 Å². The molecule has 0 bridgehead atoms. The van der Waals surface area contributed by atoms with E-state index in [1.807, 2.05) is 49.1 Å². The Balaban J connectivity index is 1.31. The van der Waals surface area contributed by atoms with Gasteiger partial charge in [-0.3, -0.25) is 4.79 Å².